The summed E-state index contributed by atoms with van der Waals surface area (Å²) in [5.74, 6) is 2.11. The lowest BCUT2D eigenvalue weighted by molar-refractivity contribution is -0.126. The molecule has 0 amide bonds. The molecule has 4 atom stereocenters. The highest BCUT2D eigenvalue weighted by molar-refractivity contribution is 5.85. The molecule has 0 N–H and O–H groups in total. The quantitative estimate of drug-likeness (QED) is 0.678. The van der Waals surface area contributed by atoms with E-state index in [2.05, 4.69) is 11.8 Å². The van der Waals surface area contributed by atoms with Crippen LogP contribution in [0, 0.1) is 11.8 Å². The van der Waals surface area contributed by atoms with Crippen molar-refractivity contribution in [1.82, 2.24) is 4.90 Å². The number of rotatable bonds is 1. The Morgan fingerprint density at radius 3 is 2.69 bits per heavy atom. The highest BCUT2D eigenvalue weighted by Gasteiger charge is 2.51. The minimum atomic E-state index is 0.312. The standard InChI is InChI=1S/C14H23NO/c1-2-15-12-8-4-3-6-10(12)11-7-5-9-13(16)14(11)15/h10-12,14H,2-9H2,1H3. The Balaban J connectivity index is 1.90. The lowest BCUT2D eigenvalue weighted by Crippen LogP contribution is -2.44. The van der Waals surface area contributed by atoms with Crippen molar-refractivity contribution >= 4 is 5.78 Å². The van der Waals surface area contributed by atoms with Gasteiger partial charge in [-0.05, 0) is 44.1 Å². The van der Waals surface area contributed by atoms with Gasteiger partial charge in [-0.1, -0.05) is 19.8 Å². The van der Waals surface area contributed by atoms with Crippen LogP contribution in [0.5, 0.6) is 0 Å². The Morgan fingerprint density at radius 2 is 1.88 bits per heavy atom. The molecule has 0 aromatic heterocycles. The molecule has 3 rings (SSSR count). The van der Waals surface area contributed by atoms with Crippen LogP contribution < -0.4 is 0 Å². The lowest BCUT2D eigenvalue weighted by atomic mass is 9.73. The molecule has 0 spiro atoms. The van der Waals surface area contributed by atoms with Gasteiger partial charge in [0.1, 0.15) is 5.78 Å². The fourth-order valence-electron chi connectivity index (χ4n) is 4.62. The normalized spacial score (nSPS) is 44.2. The van der Waals surface area contributed by atoms with Gasteiger partial charge in [0.25, 0.3) is 0 Å². The molecule has 1 saturated heterocycles. The Morgan fingerprint density at radius 1 is 1.12 bits per heavy atom. The molecule has 16 heavy (non-hydrogen) atoms. The summed E-state index contributed by atoms with van der Waals surface area (Å²) in [4.78, 5) is 14.7. The second kappa shape index (κ2) is 4.14. The Hall–Kier alpha value is -0.370. The van der Waals surface area contributed by atoms with E-state index in [-0.39, 0.29) is 0 Å². The highest BCUT2D eigenvalue weighted by Crippen LogP contribution is 2.47. The summed E-state index contributed by atoms with van der Waals surface area (Å²) in [6.45, 7) is 3.31. The molecule has 0 aromatic rings. The zero-order valence-electron chi connectivity index (χ0n) is 10.3. The zero-order valence-corrected chi connectivity index (χ0v) is 10.3. The number of hydrogen-bond acceptors (Lipinski definition) is 2. The van der Waals surface area contributed by atoms with Crippen molar-refractivity contribution in [3.8, 4) is 0 Å². The van der Waals surface area contributed by atoms with Gasteiger partial charge in [-0.2, -0.15) is 0 Å². The minimum absolute atomic E-state index is 0.312. The number of hydrogen-bond donors (Lipinski definition) is 0. The molecular weight excluding hydrogens is 198 g/mol. The molecule has 2 saturated carbocycles. The largest absolute Gasteiger partial charge is 0.298 e. The fraction of sp³-hybridized carbons (Fsp3) is 0.929. The van der Waals surface area contributed by atoms with Crippen LogP contribution in [-0.2, 0) is 4.79 Å². The Kier molecular flexibility index (Phi) is 2.78. The maximum Gasteiger partial charge on any atom is 0.150 e. The topological polar surface area (TPSA) is 20.3 Å². The van der Waals surface area contributed by atoms with Crippen LogP contribution in [0.2, 0.25) is 0 Å². The molecular formula is C14H23NO. The molecule has 2 aliphatic carbocycles. The number of Topliss-reactive ketones (excluding diaryl/α,β-unsaturated/α-hetero) is 1. The first-order chi connectivity index (χ1) is 7.83. The fourth-order valence-corrected chi connectivity index (χ4v) is 4.62. The summed E-state index contributed by atoms with van der Waals surface area (Å²) in [7, 11) is 0. The first-order valence-electron chi connectivity index (χ1n) is 7.11. The highest BCUT2D eigenvalue weighted by atomic mass is 16.1. The maximum atomic E-state index is 12.1. The van der Waals surface area contributed by atoms with Gasteiger partial charge < -0.3 is 0 Å². The van der Waals surface area contributed by atoms with E-state index in [0.717, 1.165) is 31.3 Å². The van der Waals surface area contributed by atoms with E-state index in [0.29, 0.717) is 17.7 Å². The van der Waals surface area contributed by atoms with Crippen molar-refractivity contribution in [3.63, 3.8) is 0 Å². The molecule has 4 unspecified atom stereocenters. The maximum absolute atomic E-state index is 12.1. The van der Waals surface area contributed by atoms with Gasteiger partial charge in [0.2, 0.25) is 0 Å². The van der Waals surface area contributed by atoms with Crippen LogP contribution in [0.3, 0.4) is 0 Å². The van der Waals surface area contributed by atoms with Gasteiger partial charge >= 0.3 is 0 Å². The monoisotopic (exact) mass is 221 g/mol. The molecule has 1 heterocycles. The molecule has 2 nitrogen and oxygen atoms in total. The number of likely N-dealkylation sites (N-methyl/N-ethyl adjacent to an activating group) is 1. The summed E-state index contributed by atoms with van der Waals surface area (Å²) in [6, 6.07) is 1.06. The second-order valence-corrected chi connectivity index (χ2v) is 5.81. The third-order valence-electron chi connectivity index (χ3n) is 5.18. The van der Waals surface area contributed by atoms with Crippen LogP contribution in [0.4, 0.5) is 0 Å². The number of carbonyl (C=O) groups is 1. The third-order valence-corrected chi connectivity index (χ3v) is 5.18. The molecule has 1 aliphatic heterocycles. The first-order valence-corrected chi connectivity index (χ1v) is 7.11. The van der Waals surface area contributed by atoms with Crippen molar-refractivity contribution < 1.29 is 4.79 Å². The summed E-state index contributed by atoms with van der Waals surface area (Å²) >= 11 is 0. The zero-order chi connectivity index (χ0) is 11.1. The van der Waals surface area contributed by atoms with Gasteiger partial charge in [-0.25, -0.2) is 0 Å². The van der Waals surface area contributed by atoms with Crippen molar-refractivity contribution in [2.24, 2.45) is 11.8 Å². The number of carbonyl (C=O) groups excluding carboxylic acids is 1. The SMILES string of the molecule is CCN1C2CCCCC2C2CCCC(=O)C21. The smallest absolute Gasteiger partial charge is 0.150 e. The van der Waals surface area contributed by atoms with E-state index in [4.69, 9.17) is 0 Å². The van der Waals surface area contributed by atoms with Crippen LogP contribution in [0.25, 0.3) is 0 Å². The number of nitrogens with zero attached hydrogens (tertiary/aromatic N) is 1. The number of fused-ring (bicyclic) bond motifs is 3. The summed E-state index contributed by atoms with van der Waals surface area (Å²) in [6.07, 6.45) is 8.82. The van der Waals surface area contributed by atoms with E-state index >= 15 is 0 Å². The molecule has 3 fully saturated rings. The Labute approximate surface area is 98.4 Å². The van der Waals surface area contributed by atoms with E-state index in [1.54, 1.807) is 0 Å². The summed E-state index contributed by atoms with van der Waals surface area (Å²) < 4.78 is 0. The molecule has 90 valence electrons. The van der Waals surface area contributed by atoms with Crippen molar-refractivity contribution in [2.45, 2.75) is 64.0 Å². The summed E-state index contributed by atoms with van der Waals surface area (Å²) in [5.41, 5.74) is 0. The van der Waals surface area contributed by atoms with Crippen LogP contribution in [0.1, 0.15) is 51.9 Å². The van der Waals surface area contributed by atoms with Gasteiger partial charge in [-0.3, -0.25) is 9.69 Å². The first kappa shape index (κ1) is 10.8. The predicted octanol–water partition coefficient (Wildman–Crippen LogP) is 2.62. The van der Waals surface area contributed by atoms with Crippen molar-refractivity contribution in [1.29, 1.82) is 0 Å². The lowest BCUT2D eigenvalue weighted by Gasteiger charge is -2.32. The molecule has 3 aliphatic rings. The van der Waals surface area contributed by atoms with Crippen molar-refractivity contribution in [3.05, 3.63) is 0 Å². The van der Waals surface area contributed by atoms with E-state index < -0.39 is 0 Å². The Bertz CT molecular complexity index is 274. The van der Waals surface area contributed by atoms with E-state index in [9.17, 15) is 4.79 Å². The van der Waals surface area contributed by atoms with Gasteiger partial charge in [0.05, 0.1) is 6.04 Å². The average molecular weight is 221 g/mol. The molecule has 0 radical (unpaired) electrons. The van der Waals surface area contributed by atoms with Gasteiger partial charge in [0.15, 0.2) is 0 Å². The number of ketones is 1. The van der Waals surface area contributed by atoms with Crippen LogP contribution in [-0.4, -0.2) is 29.3 Å². The average Bonchev–Trinajstić information content (AvgIpc) is 2.65. The molecule has 0 aromatic carbocycles. The van der Waals surface area contributed by atoms with Crippen molar-refractivity contribution in [2.75, 3.05) is 6.54 Å². The van der Waals surface area contributed by atoms with Gasteiger partial charge in [-0.15, -0.1) is 0 Å². The van der Waals surface area contributed by atoms with E-state index in [1.165, 1.54) is 32.1 Å². The minimum Gasteiger partial charge on any atom is -0.298 e. The van der Waals surface area contributed by atoms with E-state index in [1.807, 2.05) is 0 Å². The third kappa shape index (κ3) is 1.46. The predicted molar refractivity (Wildman–Crippen MR) is 64.3 cm³/mol. The second-order valence-electron chi connectivity index (χ2n) is 5.81. The van der Waals surface area contributed by atoms with Gasteiger partial charge in [0, 0.05) is 12.5 Å². The molecule has 2 heteroatoms. The molecule has 0 bridgehead atoms. The number of likely N-dealkylation sites (tertiary alicyclic amines) is 1. The van der Waals surface area contributed by atoms with Crippen LogP contribution >= 0.6 is 0 Å². The van der Waals surface area contributed by atoms with Crippen LogP contribution in [0.15, 0.2) is 0 Å². The summed E-state index contributed by atoms with van der Waals surface area (Å²) in [5, 5.41) is 0.